The lowest BCUT2D eigenvalue weighted by atomic mass is 9.98. The van der Waals surface area contributed by atoms with Crippen LogP contribution in [0.4, 0.5) is 0 Å². The highest BCUT2D eigenvalue weighted by Gasteiger charge is 2.30. The molecular weight excluding hydrogens is 210 g/mol. The molecule has 2 rings (SSSR count). The average molecular weight is 239 g/mol. The fraction of sp³-hybridized carbons (Fsp3) is 1.00. The quantitative estimate of drug-likeness (QED) is 0.800. The fourth-order valence-corrected chi connectivity index (χ4v) is 3.10. The Bertz CT molecular complexity index is 234. The minimum absolute atomic E-state index is 0.354. The number of piperazine rings is 1. The van der Waals surface area contributed by atoms with E-state index in [1.54, 1.807) is 0 Å². The van der Waals surface area contributed by atoms with Gasteiger partial charge in [0, 0.05) is 25.2 Å². The third kappa shape index (κ3) is 3.67. The van der Waals surface area contributed by atoms with Gasteiger partial charge in [0.15, 0.2) is 0 Å². The first-order chi connectivity index (χ1) is 8.08. The molecule has 2 fully saturated rings. The summed E-state index contributed by atoms with van der Waals surface area (Å²) in [6, 6.07) is 0. The van der Waals surface area contributed by atoms with Crippen molar-refractivity contribution in [2.45, 2.75) is 38.6 Å². The molecule has 2 heterocycles. The van der Waals surface area contributed by atoms with Gasteiger partial charge in [0.05, 0.1) is 0 Å². The normalized spacial score (nSPS) is 30.9. The van der Waals surface area contributed by atoms with Crippen LogP contribution in [0.15, 0.2) is 0 Å². The number of nitrogens with zero attached hydrogens (tertiary/aromatic N) is 2. The van der Waals surface area contributed by atoms with E-state index in [9.17, 15) is 0 Å². The Balaban J connectivity index is 1.65. The van der Waals surface area contributed by atoms with E-state index in [1.165, 1.54) is 58.5 Å². The van der Waals surface area contributed by atoms with E-state index in [2.05, 4.69) is 36.0 Å². The maximum atomic E-state index is 3.46. The number of rotatable bonds is 4. The third-order valence-electron chi connectivity index (χ3n) is 4.64. The second-order valence-corrected chi connectivity index (χ2v) is 6.51. The van der Waals surface area contributed by atoms with E-state index in [1.807, 2.05) is 0 Å². The van der Waals surface area contributed by atoms with Crippen molar-refractivity contribution in [1.29, 1.82) is 0 Å². The lowest BCUT2D eigenvalue weighted by Crippen LogP contribution is -2.57. The zero-order valence-electron chi connectivity index (χ0n) is 11.8. The highest BCUT2D eigenvalue weighted by atomic mass is 15.3. The summed E-state index contributed by atoms with van der Waals surface area (Å²) in [5.41, 5.74) is 0.354. The SMILES string of the molecule is CN1CCN(CCCC2CCNC2)CC1(C)C. The van der Waals surface area contributed by atoms with Gasteiger partial charge in [-0.3, -0.25) is 4.90 Å². The van der Waals surface area contributed by atoms with Gasteiger partial charge in [-0.05, 0) is 65.7 Å². The summed E-state index contributed by atoms with van der Waals surface area (Å²) in [6.45, 7) is 12.2. The predicted octanol–water partition coefficient (Wildman–Crippen LogP) is 1.40. The Hall–Kier alpha value is -0.120. The van der Waals surface area contributed by atoms with Crippen LogP contribution in [0, 0.1) is 5.92 Å². The van der Waals surface area contributed by atoms with Gasteiger partial charge < -0.3 is 10.2 Å². The molecule has 1 unspecified atom stereocenters. The lowest BCUT2D eigenvalue weighted by Gasteiger charge is -2.45. The van der Waals surface area contributed by atoms with Crippen molar-refractivity contribution in [1.82, 2.24) is 15.1 Å². The molecule has 1 N–H and O–H groups in total. The monoisotopic (exact) mass is 239 g/mol. The molecule has 17 heavy (non-hydrogen) atoms. The van der Waals surface area contributed by atoms with E-state index in [4.69, 9.17) is 0 Å². The summed E-state index contributed by atoms with van der Waals surface area (Å²) in [6.07, 6.45) is 4.19. The van der Waals surface area contributed by atoms with E-state index < -0.39 is 0 Å². The molecule has 2 aliphatic rings. The van der Waals surface area contributed by atoms with E-state index in [0.29, 0.717) is 5.54 Å². The molecule has 0 amide bonds. The zero-order valence-corrected chi connectivity index (χ0v) is 11.8. The smallest absolute Gasteiger partial charge is 0.0277 e. The van der Waals surface area contributed by atoms with Crippen LogP contribution < -0.4 is 5.32 Å². The van der Waals surface area contributed by atoms with E-state index >= 15 is 0 Å². The van der Waals surface area contributed by atoms with Gasteiger partial charge >= 0.3 is 0 Å². The van der Waals surface area contributed by atoms with Crippen LogP contribution in [-0.2, 0) is 0 Å². The van der Waals surface area contributed by atoms with Gasteiger partial charge in [0.2, 0.25) is 0 Å². The van der Waals surface area contributed by atoms with Gasteiger partial charge in [-0.25, -0.2) is 0 Å². The van der Waals surface area contributed by atoms with Crippen molar-refractivity contribution in [2.24, 2.45) is 5.92 Å². The van der Waals surface area contributed by atoms with Crippen molar-refractivity contribution in [3.63, 3.8) is 0 Å². The van der Waals surface area contributed by atoms with Crippen LogP contribution in [0.2, 0.25) is 0 Å². The molecule has 3 heteroatoms. The predicted molar refractivity (Wildman–Crippen MR) is 73.4 cm³/mol. The molecule has 100 valence electrons. The van der Waals surface area contributed by atoms with Gasteiger partial charge in [0.1, 0.15) is 0 Å². The molecule has 0 aliphatic carbocycles. The molecule has 1 atom stereocenters. The summed E-state index contributed by atoms with van der Waals surface area (Å²) in [4.78, 5) is 5.15. The summed E-state index contributed by atoms with van der Waals surface area (Å²) >= 11 is 0. The Morgan fingerprint density at radius 2 is 2.12 bits per heavy atom. The molecule has 2 aliphatic heterocycles. The largest absolute Gasteiger partial charge is 0.316 e. The number of hydrogen-bond donors (Lipinski definition) is 1. The van der Waals surface area contributed by atoms with Crippen LogP contribution in [0.5, 0.6) is 0 Å². The van der Waals surface area contributed by atoms with Crippen molar-refractivity contribution < 1.29 is 0 Å². The average Bonchev–Trinajstić information content (AvgIpc) is 2.76. The highest BCUT2D eigenvalue weighted by Crippen LogP contribution is 2.20. The topological polar surface area (TPSA) is 18.5 Å². The van der Waals surface area contributed by atoms with Crippen molar-refractivity contribution >= 4 is 0 Å². The van der Waals surface area contributed by atoms with Crippen LogP contribution in [0.3, 0.4) is 0 Å². The summed E-state index contributed by atoms with van der Waals surface area (Å²) in [5, 5.41) is 3.46. The second kappa shape index (κ2) is 5.68. The first-order valence-corrected chi connectivity index (χ1v) is 7.22. The minimum atomic E-state index is 0.354. The molecule has 0 bridgehead atoms. The number of nitrogens with one attached hydrogen (secondary N) is 1. The van der Waals surface area contributed by atoms with Gasteiger partial charge in [-0.1, -0.05) is 0 Å². The molecule has 0 radical (unpaired) electrons. The number of likely N-dealkylation sites (N-methyl/N-ethyl adjacent to an activating group) is 1. The Morgan fingerprint density at radius 1 is 1.29 bits per heavy atom. The van der Waals surface area contributed by atoms with Gasteiger partial charge in [-0.15, -0.1) is 0 Å². The highest BCUT2D eigenvalue weighted by molar-refractivity contribution is 4.88. The van der Waals surface area contributed by atoms with Crippen LogP contribution >= 0.6 is 0 Å². The standard InChI is InChI=1S/C14H29N3/c1-14(2)12-17(10-9-16(14)3)8-4-5-13-6-7-15-11-13/h13,15H,4-12H2,1-3H3. The molecule has 0 saturated carbocycles. The molecule has 0 aromatic heterocycles. The Kier molecular flexibility index (Phi) is 4.45. The minimum Gasteiger partial charge on any atom is -0.316 e. The van der Waals surface area contributed by atoms with Gasteiger partial charge in [0.25, 0.3) is 0 Å². The molecule has 2 saturated heterocycles. The first-order valence-electron chi connectivity index (χ1n) is 7.22. The van der Waals surface area contributed by atoms with Crippen LogP contribution in [0.25, 0.3) is 0 Å². The van der Waals surface area contributed by atoms with Crippen LogP contribution in [-0.4, -0.2) is 61.7 Å². The van der Waals surface area contributed by atoms with Crippen molar-refractivity contribution in [3.05, 3.63) is 0 Å². The Morgan fingerprint density at radius 3 is 2.76 bits per heavy atom. The summed E-state index contributed by atoms with van der Waals surface area (Å²) in [5.74, 6) is 0.954. The maximum absolute atomic E-state index is 3.46. The van der Waals surface area contributed by atoms with Gasteiger partial charge in [-0.2, -0.15) is 0 Å². The van der Waals surface area contributed by atoms with Crippen molar-refractivity contribution in [3.8, 4) is 0 Å². The molecular formula is C14H29N3. The summed E-state index contributed by atoms with van der Waals surface area (Å²) < 4.78 is 0. The number of hydrogen-bond acceptors (Lipinski definition) is 3. The molecule has 0 aromatic rings. The molecule has 3 nitrogen and oxygen atoms in total. The maximum Gasteiger partial charge on any atom is 0.0277 e. The Labute approximate surface area is 107 Å². The second-order valence-electron chi connectivity index (χ2n) is 6.51. The summed E-state index contributed by atoms with van der Waals surface area (Å²) in [7, 11) is 2.25. The zero-order chi connectivity index (χ0) is 12.3. The first kappa shape index (κ1) is 13.3. The molecule has 0 spiro atoms. The van der Waals surface area contributed by atoms with E-state index in [-0.39, 0.29) is 0 Å². The lowest BCUT2D eigenvalue weighted by molar-refractivity contribution is 0.0388. The van der Waals surface area contributed by atoms with E-state index in [0.717, 1.165) is 5.92 Å². The fourth-order valence-electron chi connectivity index (χ4n) is 3.10. The third-order valence-corrected chi connectivity index (χ3v) is 4.64. The molecule has 0 aromatic carbocycles. The van der Waals surface area contributed by atoms with Crippen molar-refractivity contribution in [2.75, 3.05) is 46.3 Å². The van der Waals surface area contributed by atoms with Crippen LogP contribution in [0.1, 0.15) is 33.1 Å².